The lowest BCUT2D eigenvalue weighted by Gasteiger charge is -2.06. The second-order valence-electron chi connectivity index (χ2n) is 4.39. The van der Waals surface area contributed by atoms with Gasteiger partial charge in [0.2, 0.25) is 5.13 Å². The van der Waals surface area contributed by atoms with E-state index in [1.807, 2.05) is 6.92 Å². The topological polar surface area (TPSA) is 58.0 Å². The van der Waals surface area contributed by atoms with E-state index in [9.17, 15) is 5.11 Å². The summed E-state index contributed by atoms with van der Waals surface area (Å²) in [5.41, 5.74) is 0. The number of hydrogen-bond acceptors (Lipinski definition) is 5. The molecular formula is C11H21N3OS. The van der Waals surface area contributed by atoms with Gasteiger partial charge >= 0.3 is 0 Å². The van der Waals surface area contributed by atoms with E-state index in [2.05, 4.69) is 28.5 Å². The second-order valence-corrected chi connectivity index (χ2v) is 5.14. The molecule has 2 N–H and O–H groups in total. The Balaban J connectivity index is 2.29. The highest BCUT2D eigenvalue weighted by molar-refractivity contribution is 7.09. The lowest BCUT2D eigenvalue weighted by Crippen LogP contribution is -2.12. The van der Waals surface area contributed by atoms with Crippen molar-refractivity contribution in [3.63, 3.8) is 0 Å². The summed E-state index contributed by atoms with van der Waals surface area (Å²) >= 11 is 1.40. The van der Waals surface area contributed by atoms with Gasteiger partial charge in [0.25, 0.3) is 0 Å². The molecule has 0 amide bonds. The number of nitrogens with zero attached hydrogens (tertiary/aromatic N) is 2. The summed E-state index contributed by atoms with van der Waals surface area (Å²) in [6.45, 7) is 7.05. The van der Waals surface area contributed by atoms with Gasteiger partial charge in [0.05, 0.1) is 6.10 Å². The molecule has 0 aliphatic carbocycles. The Morgan fingerprint density at radius 2 is 2.19 bits per heavy atom. The molecule has 1 aromatic rings. The van der Waals surface area contributed by atoms with Crippen molar-refractivity contribution < 1.29 is 5.11 Å². The van der Waals surface area contributed by atoms with E-state index in [1.165, 1.54) is 11.5 Å². The molecule has 5 heteroatoms. The predicted molar refractivity (Wildman–Crippen MR) is 67.9 cm³/mol. The van der Waals surface area contributed by atoms with Gasteiger partial charge in [-0.1, -0.05) is 20.8 Å². The average Bonchev–Trinajstić information content (AvgIpc) is 2.64. The molecule has 0 saturated heterocycles. The summed E-state index contributed by atoms with van der Waals surface area (Å²) in [6.07, 6.45) is 2.28. The van der Waals surface area contributed by atoms with Gasteiger partial charge in [-0.2, -0.15) is 4.37 Å². The van der Waals surface area contributed by atoms with Crippen LogP contribution in [0.1, 0.15) is 39.4 Å². The van der Waals surface area contributed by atoms with Crippen molar-refractivity contribution in [2.24, 2.45) is 5.92 Å². The number of hydrogen-bond donors (Lipinski definition) is 2. The third-order valence-electron chi connectivity index (χ3n) is 2.28. The van der Waals surface area contributed by atoms with Crippen LogP contribution in [0.4, 0.5) is 5.13 Å². The number of aromatic nitrogens is 2. The molecule has 0 aromatic carbocycles. The van der Waals surface area contributed by atoms with Gasteiger partial charge in [-0.15, -0.1) is 0 Å². The zero-order chi connectivity index (χ0) is 12.0. The fourth-order valence-corrected chi connectivity index (χ4v) is 1.94. The lowest BCUT2D eigenvalue weighted by molar-refractivity contribution is 0.164. The fourth-order valence-electron chi connectivity index (χ4n) is 1.32. The third kappa shape index (κ3) is 4.90. The molecule has 4 nitrogen and oxygen atoms in total. The molecule has 0 aliphatic rings. The van der Waals surface area contributed by atoms with Crippen LogP contribution in [-0.4, -0.2) is 27.1 Å². The minimum atomic E-state index is -0.212. The van der Waals surface area contributed by atoms with Crippen LogP contribution in [0.3, 0.4) is 0 Å². The van der Waals surface area contributed by atoms with E-state index in [0.717, 1.165) is 36.8 Å². The molecule has 0 aliphatic heterocycles. The first-order valence-electron chi connectivity index (χ1n) is 5.86. The van der Waals surface area contributed by atoms with Crippen molar-refractivity contribution in [1.29, 1.82) is 0 Å². The van der Waals surface area contributed by atoms with E-state index in [-0.39, 0.29) is 6.10 Å². The molecule has 1 aromatic heterocycles. The molecule has 0 spiro atoms. The number of anilines is 1. The quantitative estimate of drug-likeness (QED) is 0.771. The zero-order valence-corrected chi connectivity index (χ0v) is 11.0. The van der Waals surface area contributed by atoms with Gasteiger partial charge in [-0.25, -0.2) is 4.98 Å². The molecule has 0 bridgehead atoms. The van der Waals surface area contributed by atoms with Crippen molar-refractivity contribution in [2.75, 3.05) is 11.9 Å². The van der Waals surface area contributed by atoms with E-state index in [1.54, 1.807) is 0 Å². The van der Waals surface area contributed by atoms with E-state index in [4.69, 9.17) is 0 Å². The molecule has 1 rings (SSSR count). The number of rotatable bonds is 7. The van der Waals surface area contributed by atoms with E-state index < -0.39 is 0 Å². The molecule has 1 atom stereocenters. The number of aliphatic hydroxyl groups excluding tert-OH is 1. The zero-order valence-electron chi connectivity index (χ0n) is 10.2. The standard InChI is InChI=1S/C11H21N3OS/c1-4-9(15)5-6-12-11-13-10(14-16-11)7-8(2)3/h8-9,15H,4-7H2,1-3H3,(H,12,13,14). The molecule has 0 radical (unpaired) electrons. The second kappa shape index (κ2) is 6.81. The van der Waals surface area contributed by atoms with E-state index >= 15 is 0 Å². The molecule has 0 fully saturated rings. The Hall–Kier alpha value is -0.680. The normalized spacial score (nSPS) is 13.1. The van der Waals surface area contributed by atoms with Gasteiger partial charge in [0, 0.05) is 24.5 Å². The Labute approximate surface area is 101 Å². The number of aliphatic hydroxyl groups is 1. The molecule has 1 heterocycles. The smallest absolute Gasteiger partial charge is 0.202 e. The first-order chi connectivity index (χ1) is 7.61. The Morgan fingerprint density at radius 3 is 2.81 bits per heavy atom. The van der Waals surface area contributed by atoms with Crippen molar-refractivity contribution in [2.45, 2.75) is 46.1 Å². The lowest BCUT2D eigenvalue weighted by atomic mass is 10.1. The van der Waals surface area contributed by atoms with Crippen LogP contribution >= 0.6 is 11.5 Å². The average molecular weight is 243 g/mol. The minimum absolute atomic E-state index is 0.212. The van der Waals surface area contributed by atoms with Crippen LogP contribution in [0.2, 0.25) is 0 Å². The maximum atomic E-state index is 9.39. The van der Waals surface area contributed by atoms with Crippen LogP contribution in [0.5, 0.6) is 0 Å². The first kappa shape index (κ1) is 13.4. The monoisotopic (exact) mass is 243 g/mol. The molecule has 92 valence electrons. The van der Waals surface area contributed by atoms with Gasteiger partial charge in [0.15, 0.2) is 0 Å². The maximum Gasteiger partial charge on any atom is 0.202 e. The summed E-state index contributed by atoms with van der Waals surface area (Å²) in [5, 5.41) is 13.4. The van der Waals surface area contributed by atoms with Crippen LogP contribution in [0, 0.1) is 5.92 Å². The van der Waals surface area contributed by atoms with Crippen LogP contribution in [0.25, 0.3) is 0 Å². The molecule has 16 heavy (non-hydrogen) atoms. The van der Waals surface area contributed by atoms with E-state index in [0.29, 0.717) is 5.92 Å². The Morgan fingerprint density at radius 1 is 1.44 bits per heavy atom. The number of nitrogens with one attached hydrogen (secondary N) is 1. The highest BCUT2D eigenvalue weighted by atomic mass is 32.1. The Kier molecular flexibility index (Phi) is 5.69. The fraction of sp³-hybridized carbons (Fsp3) is 0.818. The minimum Gasteiger partial charge on any atom is -0.393 e. The summed E-state index contributed by atoms with van der Waals surface area (Å²) in [6, 6.07) is 0. The van der Waals surface area contributed by atoms with Crippen molar-refractivity contribution >= 4 is 16.7 Å². The summed E-state index contributed by atoms with van der Waals surface area (Å²) in [7, 11) is 0. The van der Waals surface area contributed by atoms with Gasteiger partial charge in [0.1, 0.15) is 5.82 Å². The van der Waals surface area contributed by atoms with Crippen LogP contribution < -0.4 is 5.32 Å². The SMILES string of the molecule is CCC(O)CCNc1nc(CC(C)C)ns1. The molecule has 1 unspecified atom stereocenters. The highest BCUT2D eigenvalue weighted by Gasteiger charge is 2.06. The molecule has 0 saturated carbocycles. The first-order valence-corrected chi connectivity index (χ1v) is 6.63. The summed E-state index contributed by atoms with van der Waals surface area (Å²) < 4.78 is 4.28. The summed E-state index contributed by atoms with van der Waals surface area (Å²) in [4.78, 5) is 4.39. The molecular weight excluding hydrogens is 222 g/mol. The summed E-state index contributed by atoms with van der Waals surface area (Å²) in [5.74, 6) is 1.50. The maximum absolute atomic E-state index is 9.39. The van der Waals surface area contributed by atoms with Gasteiger partial charge < -0.3 is 10.4 Å². The highest BCUT2D eigenvalue weighted by Crippen LogP contribution is 2.13. The Bertz CT molecular complexity index is 301. The van der Waals surface area contributed by atoms with Gasteiger partial charge in [-0.05, 0) is 18.8 Å². The third-order valence-corrected chi connectivity index (χ3v) is 2.99. The predicted octanol–water partition coefficient (Wildman–Crippen LogP) is 2.31. The van der Waals surface area contributed by atoms with Crippen molar-refractivity contribution in [3.8, 4) is 0 Å². The van der Waals surface area contributed by atoms with Crippen molar-refractivity contribution in [3.05, 3.63) is 5.82 Å². The van der Waals surface area contributed by atoms with Gasteiger partial charge in [-0.3, -0.25) is 0 Å². The van der Waals surface area contributed by atoms with Crippen LogP contribution in [-0.2, 0) is 6.42 Å². The van der Waals surface area contributed by atoms with Crippen LogP contribution in [0.15, 0.2) is 0 Å². The largest absolute Gasteiger partial charge is 0.393 e. The van der Waals surface area contributed by atoms with Crippen molar-refractivity contribution in [1.82, 2.24) is 9.36 Å².